The zero-order chi connectivity index (χ0) is 21.3. The molecule has 29 heavy (non-hydrogen) atoms. The molecule has 154 valence electrons. The Bertz CT molecular complexity index is 1200. The highest BCUT2D eigenvalue weighted by molar-refractivity contribution is 9.10. The van der Waals surface area contributed by atoms with Gasteiger partial charge in [-0.2, -0.15) is 0 Å². The number of carbonyl (C=O) groups is 1. The van der Waals surface area contributed by atoms with Crippen LogP contribution in [0.5, 0.6) is 0 Å². The molecule has 0 unspecified atom stereocenters. The van der Waals surface area contributed by atoms with Crippen LogP contribution < -0.4 is 11.2 Å². The van der Waals surface area contributed by atoms with Gasteiger partial charge in [0, 0.05) is 14.9 Å². The number of thiophene rings is 1. The second-order valence-electron chi connectivity index (χ2n) is 6.82. The highest BCUT2D eigenvalue weighted by Crippen LogP contribution is 2.28. The molecule has 0 saturated heterocycles. The van der Waals surface area contributed by atoms with E-state index in [0.717, 1.165) is 9.44 Å². The second-order valence-corrected chi connectivity index (χ2v) is 8.80. The van der Waals surface area contributed by atoms with Crippen molar-refractivity contribution in [1.82, 2.24) is 9.13 Å². The summed E-state index contributed by atoms with van der Waals surface area (Å²) in [7, 11) is 0. The van der Waals surface area contributed by atoms with E-state index in [2.05, 4.69) is 15.9 Å². The largest absolute Gasteiger partial charge is 0.465 e. The normalized spacial score (nSPS) is 11.4. The Balaban J connectivity index is 2.22. The molecule has 0 aliphatic rings. The van der Waals surface area contributed by atoms with Crippen molar-refractivity contribution in [1.29, 1.82) is 0 Å². The fraction of sp³-hybridized carbons (Fsp3) is 0.350. The molecule has 2 heterocycles. The molecule has 0 spiro atoms. The molecule has 6 nitrogen and oxygen atoms in total. The molecule has 3 aromatic rings. The van der Waals surface area contributed by atoms with E-state index in [-0.39, 0.29) is 31.2 Å². The van der Waals surface area contributed by atoms with E-state index in [1.807, 2.05) is 13.8 Å². The van der Waals surface area contributed by atoms with Crippen LogP contribution in [-0.4, -0.2) is 21.7 Å². The Morgan fingerprint density at radius 3 is 2.59 bits per heavy atom. The topological polar surface area (TPSA) is 70.3 Å². The molecule has 0 fully saturated rings. The van der Waals surface area contributed by atoms with Crippen LogP contribution in [0.1, 0.15) is 37.1 Å². The fourth-order valence-electron chi connectivity index (χ4n) is 2.94. The summed E-state index contributed by atoms with van der Waals surface area (Å²) in [6.45, 7) is 5.27. The van der Waals surface area contributed by atoms with Crippen LogP contribution >= 0.6 is 27.3 Å². The molecular weight excluding hydrogens is 463 g/mol. The first-order valence-corrected chi connectivity index (χ1v) is 10.7. The maximum absolute atomic E-state index is 14.3. The van der Waals surface area contributed by atoms with Gasteiger partial charge in [0.05, 0.1) is 18.5 Å². The minimum atomic E-state index is -0.671. The van der Waals surface area contributed by atoms with Gasteiger partial charge in [-0.15, -0.1) is 11.3 Å². The van der Waals surface area contributed by atoms with E-state index in [1.165, 1.54) is 28.0 Å². The van der Waals surface area contributed by atoms with E-state index in [4.69, 9.17) is 4.74 Å². The van der Waals surface area contributed by atoms with Gasteiger partial charge in [0.25, 0.3) is 5.56 Å². The minimum absolute atomic E-state index is 0.148. The van der Waals surface area contributed by atoms with Gasteiger partial charge in [-0.3, -0.25) is 18.7 Å². The summed E-state index contributed by atoms with van der Waals surface area (Å²) in [6.07, 6.45) is 0. The van der Waals surface area contributed by atoms with Crippen molar-refractivity contribution < 1.29 is 13.9 Å². The van der Waals surface area contributed by atoms with Gasteiger partial charge in [-0.1, -0.05) is 35.8 Å². The lowest BCUT2D eigenvalue weighted by atomic mass is 10.1. The Morgan fingerprint density at radius 2 is 1.97 bits per heavy atom. The van der Waals surface area contributed by atoms with Crippen molar-refractivity contribution in [3.05, 3.63) is 65.8 Å². The number of halogens is 2. The van der Waals surface area contributed by atoms with E-state index in [9.17, 15) is 18.8 Å². The van der Waals surface area contributed by atoms with Gasteiger partial charge in [0.1, 0.15) is 17.2 Å². The van der Waals surface area contributed by atoms with Crippen molar-refractivity contribution in [3.8, 4) is 0 Å². The molecule has 0 radical (unpaired) electrons. The first-order valence-electron chi connectivity index (χ1n) is 9.09. The molecule has 0 saturated carbocycles. The van der Waals surface area contributed by atoms with Crippen LogP contribution in [0.2, 0.25) is 0 Å². The third kappa shape index (κ3) is 4.35. The zero-order valence-corrected chi connectivity index (χ0v) is 18.6. The maximum atomic E-state index is 14.3. The number of hydrogen-bond donors (Lipinski definition) is 0. The second kappa shape index (κ2) is 8.62. The SMILES string of the molecule is CCOC(=O)Cn1c(=O)n(Cc2ccc(Br)cc2F)c(=O)c2cc(C(C)C)sc21. The number of hydrogen-bond acceptors (Lipinski definition) is 5. The average Bonchev–Trinajstić information content (AvgIpc) is 3.10. The predicted molar refractivity (Wildman–Crippen MR) is 114 cm³/mol. The Kier molecular flexibility index (Phi) is 6.38. The van der Waals surface area contributed by atoms with Crippen molar-refractivity contribution in [2.75, 3.05) is 6.61 Å². The zero-order valence-electron chi connectivity index (χ0n) is 16.2. The molecule has 0 aliphatic heterocycles. The lowest BCUT2D eigenvalue weighted by Gasteiger charge is -2.12. The number of carbonyl (C=O) groups excluding carboxylic acids is 1. The smallest absolute Gasteiger partial charge is 0.332 e. The summed E-state index contributed by atoms with van der Waals surface area (Å²) in [5, 5.41) is 0.333. The van der Waals surface area contributed by atoms with Crippen molar-refractivity contribution in [2.45, 2.75) is 39.8 Å². The van der Waals surface area contributed by atoms with Crippen molar-refractivity contribution in [3.63, 3.8) is 0 Å². The number of benzene rings is 1. The Hall–Kier alpha value is -2.26. The quantitative estimate of drug-likeness (QED) is 0.500. The first kappa shape index (κ1) is 21.4. The number of rotatable bonds is 6. The highest BCUT2D eigenvalue weighted by atomic mass is 79.9. The summed E-state index contributed by atoms with van der Waals surface area (Å²) in [5.41, 5.74) is -0.973. The molecular formula is C20H20BrFN2O4S. The molecule has 2 aromatic heterocycles. The van der Waals surface area contributed by atoms with Gasteiger partial charge in [0.15, 0.2) is 0 Å². The highest BCUT2D eigenvalue weighted by Gasteiger charge is 2.20. The number of fused-ring (bicyclic) bond motifs is 1. The van der Waals surface area contributed by atoms with Crippen LogP contribution in [-0.2, 0) is 22.6 Å². The van der Waals surface area contributed by atoms with Crippen LogP contribution in [0.15, 0.2) is 38.3 Å². The van der Waals surface area contributed by atoms with E-state index < -0.39 is 23.0 Å². The van der Waals surface area contributed by atoms with Crippen LogP contribution in [0.3, 0.4) is 0 Å². The van der Waals surface area contributed by atoms with E-state index in [1.54, 1.807) is 19.1 Å². The predicted octanol–water partition coefficient (Wildman–Crippen LogP) is 3.86. The van der Waals surface area contributed by atoms with Crippen molar-refractivity contribution >= 4 is 43.5 Å². The molecule has 3 rings (SSSR count). The van der Waals surface area contributed by atoms with E-state index >= 15 is 0 Å². The third-order valence-electron chi connectivity index (χ3n) is 4.42. The molecule has 0 amide bonds. The Morgan fingerprint density at radius 1 is 1.24 bits per heavy atom. The van der Waals surface area contributed by atoms with Crippen LogP contribution in [0, 0.1) is 5.82 Å². The molecule has 9 heteroatoms. The van der Waals surface area contributed by atoms with Gasteiger partial charge in [0.2, 0.25) is 0 Å². The molecule has 0 aliphatic carbocycles. The summed E-state index contributed by atoms with van der Waals surface area (Å²) in [6, 6.07) is 6.17. The summed E-state index contributed by atoms with van der Waals surface area (Å²) >= 11 is 4.49. The molecule has 0 N–H and O–H groups in total. The van der Waals surface area contributed by atoms with Gasteiger partial charge < -0.3 is 4.74 Å². The van der Waals surface area contributed by atoms with E-state index in [0.29, 0.717) is 14.7 Å². The maximum Gasteiger partial charge on any atom is 0.332 e. The summed E-state index contributed by atoms with van der Waals surface area (Å²) < 4.78 is 22.0. The van der Waals surface area contributed by atoms with Gasteiger partial charge in [-0.05, 0) is 31.0 Å². The van der Waals surface area contributed by atoms with Gasteiger partial charge in [-0.25, -0.2) is 9.18 Å². The standard InChI is InChI=1S/C20H20BrFN2O4S/c1-4-28-17(25)10-24-19-14(8-16(29-19)11(2)3)18(26)23(20(24)27)9-12-5-6-13(21)7-15(12)22/h5-8,11H,4,9-10H2,1-3H3. The molecule has 1 aromatic carbocycles. The van der Waals surface area contributed by atoms with Gasteiger partial charge >= 0.3 is 11.7 Å². The lowest BCUT2D eigenvalue weighted by Crippen LogP contribution is -2.41. The summed E-state index contributed by atoms with van der Waals surface area (Å²) in [5.74, 6) is -0.957. The summed E-state index contributed by atoms with van der Waals surface area (Å²) in [4.78, 5) is 39.5. The van der Waals surface area contributed by atoms with Crippen LogP contribution in [0.25, 0.3) is 10.2 Å². The molecule has 0 atom stereocenters. The Labute approximate surface area is 178 Å². The minimum Gasteiger partial charge on any atom is -0.465 e. The number of esters is 1. The number of aromatic nitrogens is 2. The molecule has 0 bridgehead atoms. The third-order valence-corrected chi connectivity index (χ3v) is 6.37. The first-order chi connectivity index (χ1) is 13.7. The van der Waals surface area contributed by atoms with Crippen molar-refractivity contribution in [2.24, 2.45) is 0 Å². The monoisotopic (exact) mass is 482 g/mol. The van der Waals surface area contributed by atoms with Crippen LogP contribution in [0.4, 0.5) is 4.39 Å². The average molecular weight is 483 g/mol. The number of nitrogens with zero attached hydrogens (tertiary/aromatic N) is 2. The number of ether oxygens (including phenoxy) is 1. The lowest BCUT2D eigenvalue weighted by molar-refractivity contribution is -0.143. The fourth-order valence-corrected chi connectivity index (χ4v) is 4.42.